The molecule has 1 heterocycles. The zero-order chi connectivity index (χ0) is 20.1. The van der Waals surface area contributed by atoms with Crippen LogP contribution >= 0.6 is 11.3 Å². The van der Waals surface area contributed by atoms with Gasteiger partial charge in [0, 0.05) is 23.1 Å². The average Bonchev–Trinajstić information content (AvgIpc) is 3.29. The number of nitrogens with one attached hydrogen (secondary N) is 1. The Labute approximate surface area is 173 Å². The molecule has 29 heavy (non-hydrogen) atoms. The highest BCUT2D eigenvalue weighted by Crippen LogP contribution is 2.29. The van der Waals surface area contributed by atoms with Crippen molar-refractivity contribution in [2.24, 2.45) is 0 Å². The molecule has 5 heteroatoms. The van der Waals surface area contributed by atoms with Crippen molar-refractivity contribution >= 4 is 17.2 Å². The first-order valence-electron chi connectivity index (χ1n) is 9.26. The molecule has 0 bridgehead atoms. The second kappa shape index (κ2) is 8.71. The van der Waals surface area contributed by atoms with Gasteiger partial charge >= 0.3 is 0 Å². The number of hydrogen-bond acceptors (Lipinski definition) is 4. The molecule has 0 saturated carbocycles. The maximum Gasteiger partial charge on any atom is 0.255 e. The predicted octanol–water partition coefficient (Wildman–Crippen LogP) is 5.42. The largest absolute Gasteiger partial charge is 0.496 e. The second-order valence-electron chi connectivity index (χ2n) is 6.48. The van der Waals surface area contributed by atoms with Gasteiger partial charge < -0.3 is 10.1 Å². The number of ether oxygens (including phenoxy) is 1. The molecule has 0 fully saturated rings. The molecule has 0 unspecified atom stereocenters. The molecule has 0 aliphatic carbocycles. The Hall–Kier alpha value is -3.44. The first-order valence-corrected chi connectivity index (χ1v) is 10.1. The quantitative estimate of drug-likeness (QED) is 0.470. The molecule has 0 saturated heterocycles. The lowest BCUT2D eigenvalue weighted by atomic mass is 10.1. The number of amides is 1. The van der Waals surface area contributed by atoms with Crippen LogP contribution in [0, 0.1) is 0 Å². The Bertz CT molecular complexity index is 1110. The van der Waals surface area contributed by atoms with E-state index in [9.17, 15) is 4.79 Å². The van der Waals surface area contributed by atoms with Crippen LogP contribution in [0.5, 0.6) is 5.75 Å². The van der Waals surface area contributed by atoms with Crippen LogP contribution in [0.1, 0.15) is 15.9 Å². The van der Waals surface area contributed by atoms with E-state index in [1.807, 2.05) is 54.6 Å². The summed E-state index contributed by atoms with van der Waals surface area (Å²) in [6.07, 6.45) is 0. The summed E-state index contributed by atoms with van der Waals surface area (Å²) in [7, 11) is 1.56. The monoisotopic (exact) mass is 400 g/mol. The highest BCUT2D eigenvalue weighted by Gasteiger charge is 2.11. The standard InChI is InChI=1S/C24H20N2O2S/c1-28-22-10-6-5-9-20(22)23(27)25-15-17-11-13-19(14-12-17)24-26-21(16-29-24)18-7-3-2-4-8-18/h2-14,16H,15H2,1H3,(H,25,27). The number of aromatic nitrogens is 1. The number of methoxy groups -OCH3 is 1. The van der Waals surface area contributed by atoms with E-state index in [-0.39, 0.29) is 5.91 Å². The SMILES string of the molecule is COc1ccccc1C(=O)NCc1ccc(-c2nc(-c3ccccc3)cs2)cc1. The van der Waals surface area contributed by atoms with Crippen LogP contribution in [0.4, 0.5) is 0 Å². The third kappa shape index (κ3) is 4.36. The molecule has 0 aliphatic heterocycles. The summed E-state index contributed by atoms with van der Waals surface area (Å²) in [4.78, 5) is 17.2. The molecule has 0 radical (unpaired) electrons. The van der Waals surface area contributed by atoms with Crippen LogP contribution in [0.25, 0.3) is 21.8 Å². The molecule has 0 atom stereocenters. The Morgan fingerprint density at radius 2 is 1.66 bits per heavy atom. The molecule has 0 spiro atoms. The summed E-state index contributed by atoms with van der Waals surface area (Å²) >= 11 is 1.63. The number of nitrogens with zero attached hydrogens (tertiary/aromatic N) is 1. The van der Waals surface area contributed by atoms with E-state index in [2.05, 4.69) is 22.8 Å². The van der Waals surface area contributed by atoms with Gasteiger partial charge in [-0.1, -0.05) is 66.7 Å². The van der Waals surface area contributed by atoms with E-state index < -0.39 is 0 Å². The number of carbonyl (C=O) groups is 1. The van der Waals surface area contributed by atoms with Crippen LogP contribution < -0.4 is 10.1 Å². The third-order valence-corrected chi connectivity index (χ3v) is 5.47. The van der Waals surface area contributed by atoms with Gasteiger partial charge in [0.25, 0.3) is 5.91 Å². The summed E-state index contributed by atoms with van der Waals surface area (Å²) in [5.74, 6) is 0.414. The van der Waals surface area contributed by atoms with Crippen LogP contribution in [-0.2, 0) is 6.54 Å². The summed E-state index contributed by atoms with van der Waals surface area (Å²) < 4.78 is 5.25. The molecule has 4 aromatic rings. The maximum atomic E-state index is 12.4. The van der Waals surface area contributed by atoms with Crippen molar-refractivity contribution in [3.8, 4) is 27.6 Å². The molecule has 144 valence electrons. The maximum absolute atomic E-state index is 12.4. The fourth-order valence-corrected chi connectivity index (χ4v) is 3.86. The van der Waals surface area contributed by atoms with Gasteiger partial charge in [0.2, 0.25) is 0 Å². The average molecular weight is 401 g/mol. The molecule has 4 rings (SSSR count). The number of hydrogen-bond donors (Lipinski definition) is 1. The Balaban J connectivity index is 1.42. The lowest BCUT2D eigenvalue weighted by Gasteiger charge is -2.09. The van der Waals surface area contributed by atoms with E-state index >= 15 is 0 Å². The Kier molecular flexibility index (Phi) is 5.68. The lowest BCUT2D eigenvalue weighted by molar-refractivity contribution is 0.0948. The van der Waals surface area contributed by atoms with Gasteiger partial charge in [-0.2, -0.15) is 0 Å². The number of para-hydroxylation sites is 1. The number of thiazole rings is 1. The second-order valence-corrected chi connectivity index (χ2v) is 7.34. The fraction of sp³-hybridized carbons (Fsp3) is 0.0833. The summed E-state index contributed by atoms with van der Waals surface area (Å²) in [5.41, 5.74) is 4.72. The van der Waals surface area contributed by atoms with Crippen molar-refractivity contribution in [1.82, 2.24) is 10.3 Å². The van der Waals surface area contributed by atoms with Gasteiger partial charge in [0.15, 0.2) is 0 Å². The van der Waals surface area contributed by atoms with E-state index in [4.69, 9.17) is 9.72 Å². The minimum atomic E-state index is -0.154. The normalized spacial score (nSPS) is 10.5. The van der Waals surface area contributed by atoms with E-state index in [1.165, 1.54) is 0 Å². The Morgan fingerprint density at radius 1 is 0.931 bits per heavy atom. The zero-order valence-electron chi connectivity index (χ0n) is 16.0. The smallest absolute Gasteiger partial charge is 0.255 e. The van der Waals surface area contributed by atoms with Crippen molar-refractivity contribution in [2.45, 2.75) is 6.54 Å². The van der Waals surface area contributed by atoms with Crippen molar-refractivity contribution in [3.63, 3.8) is 0 Å². The molecular weight excluding hydrogens is 380 g/mol. The van der Waals surface area contributed by atoms with Crippen molar-refractivity contribution < 1.29 is 9.53 Å². The summed E-state index contributed by atoms with van der Waals surface area (Å²) in [5, 5.41) is 6.00. The number of benzene rings is 3. The molecular formula is C24H20N2O2S. The predicted molar refractivity (Wildman–Crippen MR) is 117 cm³/mol. The molecule has 1 aromatic heterocycles. The minimum Gasteiger partial charge on any atom is -0.496 e. The lowest BCUT2D eigenvalue weighted by Crippen LogP contribution is -2.23. The minimum absolute atomic E-state index is 0.154. The van der Waals surface area contributed by atoms with Crippen LogP contribution in [0.3, 0.4) is 0 Å². The van der Waals surface area contributed by atoms with Crippen molar-refractivity contribution in [3.05, 3.63) is 95.4 Å². The van der Waals surface area contributed by atoms with E-state index in [0.717, 1.165) is 27.4 Å². The van der Waals surface area contributed by atoms with Gasteiger partial charge in [-0.15, -0.1) is 11.3 Å². The molecule has 3 aromatic carbocycles. The van der Waals surface area contributed by atoms with Crippen molar-refractivity contribution in [1.29, 1.82) is 0 Å². The van der Waals surface area contributed by atoms with Crippen LogP contribution in [0.2, 0.25) is 0 Å². The zero-order valence-corrected chi connectivity index (χ0v) is 16.8. The first-order chi connectivity index (χ1) is 14.2. The molecule has 0 aliphatic rings. The van der Waals surface area contributed by atoms with E-state index in [1.54, 1.807) is 30.6 Å². The highest BCUT2D eigenvalue weighted by molar-refractivity contribution is 7.13. The van der Waals surface area contributed by atoms with Crippen LogP contribution in [0.15, 0.2) is 84.2 Å². The van der Waals surface area contributed by atoms with Gasteiger partial charge in [-0.3, -0.25) is 4.79 Å². The van der Waals surface area contributed by atoms with E-state index in [0.29, 0.717) is 17.9 Å². The number of rotatable bonds is 6. The van der Waals surface area contributed by atoms with Gasteiger partial charge in [0.1, 0.15) is 10.8 Å². The summed E-state index contributed by atoms with van der Waals surface area (Å²) in [6, 6.07) is 25.5. The molecule has 1 N–H and O–H groups in total. The van der Waals surface area contributed by atoms with Gasteiger partial charge in [-0.05, 0) is 17.7 Å². The van der Waals surface area contributed by atoms with Gasteiger partial charge in [0.05, 0.1) is 18.4 Å². The topological polar surface area (TPSA) is 51.2 Å². The highest BCUT2D eigenvalue weighted by atomic mass is 32.1. The number of carbonyl (C=O) groups excluding carboxylic acids is 1. The van der Waals surface area contributed by atoms with Crippen LogP contribution in [-0.4, -0.2) is 18.0 Å². The summed E-state index contributed by atoms with van der Waals surface area (Å²) in [6.45, 7) is 0.449. The molecule has 4 nitrogen and oxygen atoms in total. The molecule has 1 amide bonds. The first kappa shape index (κ1) is 18.9. The Morgan fingerprint density at radius 3 is 2.41 bits per heavy atom. The van der Waals surface area contributed by atoms with Gasteiger partial charge in [-0.25, -0.2) is 4.98 Å². The van der Waals surface area contributed by atoms with Crippen molar-refractivity contribution in [2.75, 3.05) is 7.11 Å². The fourth-order valence-electron chi connectivity index (χ4n) is 3.02. The third-order valence-electron chi connectivity index (χ3n) is 4.58.